The number of aliphatic carboxylic acids is 1. The molecule has 4 N–H and O–H groups in total. The SMILES string of the molecule is [NH3+][C@@H](CSCCN1CCNC1=O)C(=O)[O-]. The Bertz CT molecular complexity index is 249. The molecule has 1 saturated heterocycles. The van der Waals surface area contributed by atoms with Crippen LogP contribution in [0.25, 0.3) is 0 Å². The van der Waals surface area contributed by atoms with E-state index in [4.69, 9.17) is 0 Å². The van der Waals surface area contributed by atoms with Crippen LogP contribution < -0.4 is 16.2 Å². The predicted molar refractivity (Wildman–Crippen MR) is 54.0 cm³/mol. The van der Waals surface area contributed by atoms with Crippen LogP contribution in [0, 0.1) is 0 Å². The molecular formula is C8H15N3O3S. The largest absolute Gasteiger partial charge is 0.544 e. The summed E-state index contributed by atoms with van der Waals surface area (Å²) >= 11 is 1.47. The topological polar surface area (TPSA) is 100 Å². The fourth-order valence-electron chi connectivity index (χ4n) is 1.19. The fraction of sp³-hybridized carbons (Fsp3) is 0.750. The van der Waals surface area contributed by atoms with Crippen LogP contribution >= 0.6 is 11.8 Å². The lowest BCUT2D eigenvalue weighted by Gasteiger charge is -2.14. The van der Waals surface area contributed by atoms with Crippen LogP contribution in [0.2, 0.25) is 0 Å². The lowest BCUT2D eigenvalue weighted by atomic mass is 10.4. The van der Waals surface area contributed by atoms with E-state index >= 15 is 0 Å². The lowest BCUT2D eigenvalue weighted by molar-refractivity contribution is -0.431. The van der Waals surface area contributed by atoms with Gasteiger partial charge in [-0.2, -0.15) is 11.8 Å². The Morgan fingerprint density at radius 3 is 3.00 bits per heavy atom. The highest BCUT2D eigenvalue weighted by Gasteiger charge is 2.18. The smallest absolute Gasteiger partial charge is 0.317 e. The van der Waals surface area contributed by atoms with Crippen LogP contribution in [0.15, 0.2) is 0 Å². The van der Waals surface area contributed by atoms with E-state index in [-0.39, 0.29) is 6.03 Å². The Balaban J connectivity index is 2.06. The minimum atomic E-state index is -1.12. The maximum absolute atomic E-state index is 11.1. The van der Waals surface area contributed by atoms with Crippen molar-refractivity contribution in [2.75, 3.05) is 31.1 Å². The highest BCUT2D eigenvalue weighted by Crippen LogP contribution is 2.04. The number of rotatable bonds is 6. The molecule has 0 aromatic heterocycles. The first-order chi connectivity index (χ1) is 7.11. The molecule has 0 spiro atoms. The van der Waals surface area contributed by atoms with Crippen molar-refractivity contribution < 1.29 is 20.4 Å². The predicted octanol–water partition coefficient (Wildman–Crippen LogP) is -2.89. The van der Waals surface area contributed by atoms with Crippen LogP contribution in [0.4, 0.5) is 4.79 Å². The second-order valence-corrected chi connectivity index (χ2v) is 4.46. The summed E-state index contributed by atoms with van der Waals surface area (Å²) in [5.74, 6) is 0.0336. The molecule has 1 aliphatic heterocycles. The highest BCUT2D eigenvalue weighted by atomic mass is 32.2. The monoisotopic (exact) mass is 233 g/mol. The Morgan fingerprint density at radius 1 is 1.73 bits per heavy atom. The van der Waals surface area contributed by atoms with Gasteiger partial charge in [0.05, 0.1) is 11.7 Å². The summed E-state index contributed by atoms with van der Waals surface area (Å²) in [5.41, 5.74) is 3.45. The molecule has 2 amide bonds. The van der Waals surface area contributed by atoms with Crippen LogP contribution in [-0.2, 0) is 4.79 Å². The number of carbonyl (C=O) groups excluding carboxylic acids is 2. The van der Waals surface area contributed by atoms with Gasteiger partial charge in [0.25, 0.3) is 0 Å². The van der Waals surface area contributed by atoms with Crippen molar-refractivity contribution in [3.63, 3.8) is 0 Å². The first kappa shape index (κ1) is 12.1. The van der Waals surface area contributed by atoms with Crippen LogP contribution in [-0.4, -0.2) is 54.1 Å². The van der Waals surface area contributed by atoms with Gasteiger partial charge in [0.1, 0.15) is 6.04 Å². The van der Waals surface area contributed by atoms with E-state index in [1.54, 1.807) is 4.90 Å². The minimum Gasteiger partial charge on any atom is -0.544 e. The Hall–Kier alpha value is -0.950. The van der Waals surface area contributed by atoms with Crippen molar-refractivity contribution in [3.8, 4) is 0 Å². The molecule has 0 radical (unpaired) electrons. The van der Waals surface area contributed by atoms with Gasteiger partial charge in [0.2, 0.25) is 0 Å². The van der Waals surface area contributed by atoms with Crippen molar-refractivity contribution in [3.05, 3.63) is 0 Å². The molecule has 0 bridgehead atoms. The van der Waals surface area contributed by atoms with Crippen molar-refractivity contribution >= 4 is 23.8 Å². The zero-order chi connectivity index (χ0) is 11.3. The molecular weight excluding hydrogens is 218 g/mol. The van der Waals surface area contributed by atoms with Gasteiger partial charge in [-0.15, -0.1) is 0 Å². The number of carbonyl (C=O) groups is 2. The number of hydrogen-bond donors (Lipinski definition) is 2. The molecule has 6 nitrogen and oxygen atoms in total. The maximum atomic E-state index is 11.1. The van der Waals surface area contributed by atoms with E-state index in [9.17, 15) is 14.7 Å². The van der Waals surface area contributed by atoms with Crippen LogP contribution in [0.5, 0.6) is 0 Å². The summed E-state index contributed by atoms with van der Waals surface area (Å²) in [6.07, 6.45) is 0. The van der Waals surface area contributed by atoms with Gasteiger partial charge in [-0.25, -0.2) is 4.79 Å². The average molecular weight is 233 g/mol. The van der Waals surface area contributed by atoms with E-state index in [2.05, 4.69) is 11.1 Å². The van der Waals surface area contributed by atoms with Crippen molar-refractivity contribution in [1.29, 1.82) is 0 Å². The number of carboxylic acids is 1. The third-order valence-corrected chi connectivity index (χ3v) is 3.21. The summed E-state index contributed by atoms with van der Waals surface area (Å²) in [5, 5.41) is 13.0. The molecule has 15 heavy (non-hydrogen) atoms. The number of urea groups is 1. The normalized spacial score (nSPS) is 17.7. The van der Waals surface area contributed by atoms with Crippen molar-refractivity contribution in [2.24, 2.45) is 0 Å². The molecule has 0 aliphatic carbocycles. The van der Waals surface area contributed by atoms with Crippen LogP contribution in [0.3, 0.4) is 0 Å². The molecule has 1 heterocycles. The highest BCUT2D eigenvalue weighted by molar-refractivity contribution is 7.99. The summed E-state index contributed by atoms with van der Waals surface area (Å²) < 4.78 is 0. The molecule has 7 heteroatoms. The summed E-state index contributed by atoms with van der Waals surface area (Å²) in [7, 11) is 0. The van der Waals surface area contributed by atoms with Gasteiger partial charge in [0.15, 0.2) is 0 Å². The molecule has 1 atom stereocenters. The quantitative estimate of drug-likeness (QED) is 0.481. The van der Waals surface area contributed by atoms with E-state index in [1.807, 2.05) is 0 Å². The van der Waals surface area contributed by atoms with Gasteiger partial charge in [-0.05, 0) is 0 Å². The Labute approximate surface area is 92.2 Å². The zero-order valence-electron chi connectivity index (χ0n) is 8.40. The number of amides is 2. The standard InChI is InChI=1S/C8H15N3O3S/c9-6(7(12)13)5-15-4-3-11-2-1-10-8(11)14/h6H,1-5,9H2,(H,10,14)(H,12,13)/t6-/m0/s1. The minimum absolute atomic E-state index is 0.0401. The van der Waals surface area contributed by atoms with E-state index < -0.39 is 12.0 Å². The van der Waals surface area contributed by atoms with E-state index in [1.165, 1.54) is 11.8 Å². The third-order valence-electron chi connectivity index (χ3n) is 2.10. The molecule has 1 aliphatic rings. The maximum Gasteiger partial charge on any atom is 0.317 e. The van der Waals surface area contributed by atoms with E-state index in [0.717, 1.165) is 12.3 Å². The number of nitrogens with zero attached hydrogens (tertiary/aromatic N) is 1. The van der Waals surface area contributed by atoms with Crippen molar-refractivity contribution in [2.45, 2.75) is 6.04 Å². The van der Waals surface area contributed by atoms with Gasteiger partial charge in [0, 0.05) is 25.4 Å². The molecule has 0 aromatic carbocycles. The summed E-state index contributed by atoms with van der Waals surface area (Å²) in [6.45, 7) is 2.07. The van der Waals surface area contributed by atoms with Crippen LogP contribution in [0.1, 0.15) is 0 Å². The van der Waals surface area contributed by atoms with Gasteiger partial charge < -0.3 is 25.9 Å². The number of quaternary nitrogens is 1. The van der Waals surface area contributed by atoms with Crippen molar-refractivity contribution in [1.82, 2.24) is 10.2 Å². The molecule has 0 saturated carbocycles. The van der Waals surface area contributed by atoms with E-state index in [0.29, 0.717) is 18.8 Å². The average Bonchev–Trinajstić information content (AvgIpc) is 2.58. The molecule has 0 aromatic rings. The summed E-state index contributed by atoms with van der Waals surface area (Å²) in [4.78, 5) is 23.2. The Morgan fingerprint density at radius 2 is 2.47 bits per heavy atom. The number of thioether (sulfide) groups is 1. The van der Waals surface area contributed by atoms with Gasteiger partial charge in [-0.1, -0.05) is 0 Å². The van der Waals surface area contributed by atoms with Gasteiger partial charge in [-0.3, -0.25) is 0 Å². The first-order valence-electron chi connectivity index (χ1n) is 4.75. The first-order valence-corrected chi connectivity index (χ1v) is 5.91. The lowest BCUT2D eigenvalue weighted by Crippen LogP contribution is -2.69. The number of carboxylic acid groups (broad SMARTS) is 1. The zero-order valence-corrected chi connectivity index (χ0v) is 9.22. The fourth-order valence-corrected chi connectivity index (χ4v) is 2.13. The second kappa shape index (κ2) is 5.82. The Kier molecular flexibility index (Phi) is 4.70. The third kappa shape index (κ3) is 3.96. The molecule has 1 fully saturated rings. The molecule has 86 valence electrons. The summed E-state index contributed by atoms with van der Waals surface area (Å²) in [6, 6.07) is -0.718. The molecule has 0 unspecified atom stereocenters. The molecule has 1 rings (SSSR count). The number of nitrogens with one attached hydrogen (secondary N) is 1. The second-order valence-electron chi connectivity index (χ2n) is 3.31. The number of hydrogen-bond acceptors (Lipinski definition) is 4. The van der Waals surface area contributed by atoms with Gasteiger partial charge >= 0.3 is 6.03 Å².